The normalized spacial score (nSPS) is 17.4. The van der Waals surface area contributed by atoms with Gasteiger partial charge in [-0.25, -0.2) is 9.48 Å². The zero-order valence-electron chi connectivity index (χ0n) is 23.5. The lowest BCUT2D eigenvalue weighted by atomic mass is 9.94. The molecule has 1 fully saturated rings. The summed E-state index contributed by atoms with van der Waals surface area (Å²) in [5.41, 5.74) is 6.93. The minimum atomic E-state index is -0.505. The summed E-state index contributed by atoms with van der Waals surface area (Å²) in [6.07, 6.45) is 6.63. The van der Waals surface area contributed by atoms with Crippen LogP contribution in [-0.4, -0.2) is 33.4 Å². The molecule has 8 heteroatoms. The fourth-order valence-electron chi connectivity index (χ4n) is 5.47. The zero-order chi connectivity index (χ0) is 27.5. The molecule has 0 saturated heterocycles. The lowest BCUT2D eigenvalue weighted by Crippen LogP contribution is -2.32. The Kier molecular flexibility index (Phi) is 7.91. The van der Waals surface area contributed by atoms with Gasteiger partial charge in [-0.15, -0.1) is 0 Å². The van der Waals surface area contributed by atoms with Gasteiger partial charge in [0.1, 0.15) is 25.1 Å². The number of nitrogens with zero attached hydrogens (tertiary/aromatic N) is 3. The Labute approximate surface area is 230 Å². The largest absolute Gasteiger partial charge is 0.490 e. The highest BCUT2D eigenvalue weighted by Gasteiger charge is 2.36. The third-order valence-corrected chi connectivity index (χ3v) is 7.76. The monoisotopic (exact) mass is 530 g/mol. The van der Waals surface area contributed by atoms with Crippen LogP contribution < -0.4 is 14.8 Å². The van der Waals surface area contributed by atoms with Gasteiger partial charge in [0.25, 0.3) is 0 Å². The van der Waals surface area contributed by atoms with Crippen LogP contribution in [0.3, 0.4) is 0 Å². The van der Waals surface area contributed by atoms with Gasteiger partial charge in [-0.05, 0) is 100 Å². The quantitative estimate of drug-likeness (QED) is 0.340. The molecule has 1 N–H and O–H groups in total. The SMILES string of the molecule is CCOc1cc(C2C(C(=O)OC3CCCCC3)=C(C)Nc3ncnn32)ccc1OCc1cc(C)c(C)cc1C. The summed E-state index contributed by atoms with van der Waals surface area (Å²) in [5.74, 6) is 1.53. The van der Waals surface area contributed by atoms with E-state index in [9.17, 15) is 4.79 Å². The first-order valence-corrected chi connectivity index (χ1v) is 13.9. The topological polar surface area (TPSA) is 87.5 Å². The standard InChI is InChI=1S/C31H38N4O4/c1-6-37-27-16-23(12-13-26(27)38-17-24-15-20(3)19(2)14-21(24)4)29-28(22(5)34-31-32-18-33-35(29)31)30(36)39-25-10-8-7-9-11-25/h12-16,18,25,29H,6-11,17H2,1-5H3,(H,32,33,34). The number of rotatable bonds is 8. The van der Waals surface area contributed by atoms with Crippen LogP contribution in [0.2, 0.25) is 0 Å². The van der Waals surface area contributed by atoms with Crippen LogP contribution in [0.4, 0.5) is 5.95 Å². The van der Waals surface area contributed by atoms with Gasteiger partial charge in [-0.2, -0.15) is 10.1 Å². The molecular weight excluding hydrogens is 492 g/mol. The number of aryl methyl sites for hydroxylation is 3. The maximum absolute atomic E-state index is 13.6. The van der Waals surface area contributed by atoms with Crippen LogP contribution >= 0.6 is 0 Å². The molecular formula is C31H38N4O4. The number of benzene rings is 2. The number of allylic oxidation sites excluding steroid dienone is 1. The number of fused-ring (bicyclic) bond motifs is 1. The predicted molar refractivity (Wildman–Crippen MR) is 150 cm³/mol. The number of hydrogen-bond acceptors (Lipinski definition) is 7. The van der Waals surface area contributed by atoms with E-state index in [1.165, 1.54) is 29.4 Å². The van der Waals surface area contributed by atoms with Gasteiger partial charge in [0.2, 0.25) is 5.95 Å². The van der Waals surface area contributed by atoms with Gasteiger partial charge < -0.3 is 19.5 Å². The summed E-state index contributed by atoms with van der Waals surface area (Å²) < 4.78 is 20.0. The van der Waals surface area contributed by atoms with Crippen LogP contribution in [0.15, 0.2) is 47.9 Å². The molecule has 1 unspecified atom stereocenters. The second kappa shape index (κ2) is 11.5. The lowest BCUT2D eigenvalue weighted by Gasteiger charge is -2.30. The average molecular weight is 531 g/mol. The van der Waals surface area contributed by atoms with Crippen molar-refractivity contribution in [2.45, 2.75) is 85.5 Å². The number of hydrogen-bond donors (Lipinski definition) is 1. The third kappa shape index (κ3) is 5.65. The number of nitrogens with one attached hydrogen (secondary N) is 1. The lowest BCUT2D eigenvalue weighted by molar-refractivity contribution is -0.146. The molecule has 0 radical (unpaired) electrons. The summed E-state index contributed by atoms with van der Waals surface area (Å²) in [7, 11) is 0. The van der Waals surface area contributed by atoms with E-state index >= 15 is 0 Å². The van der Waals surface area contributed by atoms with Crippen LogP contribution in [-0.2, 0) is 16.1 Å². The van der Waals surface area contributed by atoms with Crippen molar-refractivity contribution >= 4 is 11.9 Å². The molecule has 1 atom stereocenters. The summed E-state index contributed by atoms with van der Waals surface area (Å²) in [4.78, 5) is 17.9. The van der Waals surface area contributed by atoms with Gasteiger partial charge in [-0.1, -0.05) is 24.6 Å². The number of carbonyl (C=O) groups excluding carboxylic acids is 1. The van der Waals surface area contributed by atoms with E-state index in [1.54, 1.807) is 4.68 Å². The molecule has 0 bridgehead atoms. The van der Waals surface area contributed by atoms with Crippen molar-refractivity contribution in [2.24, 2.45) is 0 Å². The van der Waals surface area contributed by atoms with Crippen molar-refractivity contribution in [1.29, 1.82) is 0 Å². The summed E-state index contributed by atoms with van der Waals surface area (Å²) >= 11 is 0. The number of carbonyl (C=O) groups is 1. The molecule has 1 aliphatic carbocycles. The Morgan fingerprint density at radius 1 is 0.974 bits per heavy atom. The Bertz CT molecular complexity index is 1390. The summed E-state index contributed by atoms with van der Waals surface area (Å²) in [6, 6.07) is 9.68. The second-order valence-corrected chi connectivity index (χ2v) is 10.6. The van der Waals surface area contributed by atoms with Crippen LogP contribution in [0, 0.1) is 20.8 Å². The number of esters is 1. The van der Waals surface area contributed by atoms with Gasteiger partial charge >= 0.3 is 5.97 Å². The van der Waals surface area contributed by atoms with Crippen molar-refractivity contribution in [2.75, 3.05) is 11.9 Å². The minimum absolute atomic E-state index is 0.0482. The van der Waals surface area contributed by atoms with Gasteiger partial charge in [0.15, 0.2) is 11.5 Å². The molecule has 1 aliphatic heterocycles. The molecule has 2 heterocycles. The highest BCUT2D eigenvalue weighted by Crippen LogP contribution is 2.39. The average Bonchev–Trinajstić information content (AvgIpc) is 3.38. The van der Waals surface area contributed by atoms with Gasteiger partial charge in [0.05, 0.1) is 12.2 Å². The fourth-order valence-corrected chi connectivity index (χ4v) is 5.47. The smallest absolute Gasteiger partial charge is 0.338 e. The second-order valence-electron chi connectivity index (χ2n) is 10.6. The molecule has 1 aromatic heterocycles. The van der Waals surface area contributed by atoms with E-state index < -0.39 is 6.04 Å². The highest BCUT2D eigenvalue weighted by molar-refractivity contribution is 5.92. The first-order chi connectivity index (χ1) is 18.9. The molecule has 0 amide bonds. The van der Waals surface area contributed by atoms with E-state index in [0.717, 1.165) is 36.8 Å². The first kappa shape index (κ1) is 26.8. The maximum atomic E-state index is 13.6. The first-order valence-electron chi connectivity index (χ1n) is 13.9. The summed E-state index contributed by atoms with van der Waals surface area (Å²) in [6.45, 7) is 11.1. The van der Waals surface area contributed by atoms with Crippen molar-refractivity contribution in [3.05, 3.63) is 75.7 Å². The summed E-state index contributed by atoms with van der Waals surface area (Å²) in [5, 5.41) is 7.68. The minimum Gasteiger partial charge on any atom is -0.490 e. The molecule has 5 rings (SSSR count). The van der Waals surface area contributed by atoms with Gasteiger partial charge in [-0.3, -0.25) is 0 Å². The highest BCUT2D eigenvalue weighted by atomic mass is 16.5. The van der Waals surface area contributed by atoms with E-state index in [-0.39, 0.29) is 12.1 Å². The van der Waals surface area contributed by atoms with E-state index in [1.807, 2.05) is 32.0 Å². The molecule has 2 aromatic carbocycles. The van der Waals surface area contributed by atoms with Crippen molar-refractivity contribution in [3.63, 3.8) is 0 Å². The molecule has 8 nitrogen and oxygen atoms in total. The third-order valence-electron chi connectivity index (χ3n) is 7.76. The van der Waals surface area contributed by atoms with Crippen molar-refractivity contribution < 1.29 is 19.0 Å². The zero-order valence-corrected chi connectivity index (χ0v) is 23.5. The van der Waals surface area contributed by atoms with Crippen LogP contribution in [0.25, 0.3) is 0 Å². The van der Waals surface area contributed by atoms with E-state index in [0.29, 0.717) is 41.9 Å². The molecule has 206 valence electrons. The predicted octanol–water partition coefficient (Wildman–Crippen LogP) is 6.35. The van der Waals surface area contributed by atoms with E-state index in [4.69, 9.17) is 14.2 Å². The van der Waals surface area contributed by atoms with Crippen LogP contribution in [0.1, 0.15) is 79.8 Å². The molecule has 3 aromatic rings. The maximum Gasteiger partial charge on any atom is 0.338 e. The van der Waals surface area contributed by atoms with Crippen molar-refractivity contribution in [3.8, 4) is 11.5 Å². The Morgan fingerprint density at radius 3 is 2.51 bits per heavy atom. The Hall–Kier alpha value is -3.81. The van der Waals surface area contributed by atoms with Crippen LogP contribution in [0.5, 0.6) is 11.5 Å². The van der Waals surface area contributed by atoms with Gasteiger partial charge in [0, 0.05) is 5.70 Å². The molecule has 0 spiro atoms. The molecule has 2 aliphatic rings. The molecule has 1 saturated carbocycles. The Morgan fingerprint density at radius 2 is 1.74 bits per heavy atom. The molecule has 39 heavy (non-hydrogen) atoms. The number of ether oxygens (including phenoxy) is 3. The van der Waals surface area contributed by atoms with Crippen molar-refractivity contribution in [1.82, 2.24) is 14.8 Å². The number of anilines is 1. The Balaban J connectivity index is 1.46. The van der Waals surface area contributed by atoms with E-state index in [2.05, 4.69) is 48.3 Å². The number of aromatic nitrogens is 3. The fraction of sp³-hybridized carbons (Fsp3) is 0.452.